The van der Waals surface area contributed by atoms with E-state index >= 15 is 0 Å². The molecule has 0 bridgehead atoms. The van der Waals surface area contributed by atoms with Crippen molar-refractivity contribution in [3.05, 3.63) is 98.8 Å². The maximum Gasteiger partial charge on any atom is 0.269 e. The topological polar surface area (TPSA) is 99.8 Å². The van der Waals surface area contributed by atoms with Gasteiger partial charge in [-0.3, -0.25) is 14.9 Å². The molecule has 0 atom stereocenters. The summed E-state index contributed by atoms with van der Waals surface area (Å²) in [7, 11) is 0. The Kier molecular flexibility index (Phi) is 4.18. The van der Waals surface area contributed by atoms with E-state index in [1.807, 2.05) is 48.5 Å². The van der Waals surface area contributed by atoms with E-state index in [-0.39, 0.29) is 11.3 Å². The molecule has 1 heterocycles. The Morgan fingerprint density at radius 3 is 2.36 bits per heavy atom. The molecule has 0 aliphatic heterocycles. The molecule has 0 saturated heterocycles. The van der Waals surface area contributed by atoms with Gasteiger partial charge in [0.2, 0.25) is 0 Å². The standard InChI is InChI=1S/C22H13N3O3/c23-13-20-19(15-8-10-16(11-9-15)25(27)28)12-21(24-22(20)26)18-7-3-5-14-4-1-2-6-17(14)18/h1-12H,(H,24,26). The molecule has 0 aliphatic carbocycles. The van der Waals surface area contributed by atoms with Crippen molar-refractivity contribution in [1.82, 2.24) is 4.98 Å². The lowest BCUT2D eigenvalue weighted by molar-refractivity contribution is -0.384. The molecule has 0 radical (unpaired) electrons. The second-order valence-corrected chi connectivity index (χ2v) is 6.24. The molecule has 4 aromatic rings. The highest BCUT2D eigenvalue weighted by atomic mass is 16.6. The lowest BCUT2D eigenvalue weighted by atomic mass is 9.96. The predicted molar refractivity (Wildman–Crippen MR) is 107 cm³/mol. The van der Waals surface area contributed by atoms with Crippen LogP contribution in [0.4, 0.5) is 5.69 Å². The monoisotopic (exact) mass is 367 g/mol. The molecule has 134 valence electrons. The number of nitro benzene ring substituents is 1. The van der Waals surface area contributed by atoms with Gasteiger partial charge in [0.05, 0.1) is 4.92 Å². The average Bonchev–Trinajstić information content (AvgIpc) is 2.72. The SMILES string of the molecule is N#Cc1c(-c2ccc([N+](=O)[O-])cc2)cc(-c2cccc3ccccc23)[nH]c1=O. The highest BCUT2D eigenvalue weighted by molar-refractivity contribution is 5.96. The van der Waals surface area contributed by atoms with Crippen molar-refractivity contribution < 1.29 is 4.92 Å². The summed E-state index contributed by atoms with van der Waals surface area (Å²) >= 11 is 0. The minimum absolute atomic E-state index is 0.0298. The van der Waals surface area contributed by atoms with Crippen molar-refractivity contribution in [2.75, 3.05) is 0 Å². The number of hydrogen-bond acceptors (Lipinski definition) is 4. The third-order valence-corrected chi connectivity index (χ3v) is 4.61. The van der Waals surface area contributed by atoms with E-state index < -0.39 is 10.5 Å². The Morgan fingerprint density at radius 2 is 1.64 bits per heavy atom. The third kappa shape index (κ3) is 2.91. The van der Waals surface area contributed by atoms with Crippen LogP contribution in [0, 0.1) is 21.4 Å². The molecule has 0 fully saturated rings. The molecule has 1 N–H and O–H groups in total. The Hall–Kier alpha value is -4.24. The maximum absolute atomic E-state index is 12.6. The van der Waals surface area contributed by atoms with Crippen LogP contribution in [0.15, 0.2) is 77.6 Å². The van der Waals surface area contributed by atoms with Crippen LogP contribution >= 0.6 is 0 Å². The number of nitro groups is 1. The maximum atomic E-state index is 12.6. The first-order chi connectivity index (χ1) is 13.6. The van der Waals surface area contributed by atoms with Gasteiger partial charge in [0.25, 0.3) is 11.2 Å². The minimum atomic E-state index is -0.499. The summed E-state index contributed by atoms with van der Waals surface area (Å²) in [5.41, 5.74) is 1.83. The Bertz CT molecular complexity index is 1310. The summed E-state index contributed by atoms with van der Waals surface area (Å²) in [6.07, 6.45) is 0. The molecule has 4 rings (SSSR count). The van der Waals surface area contributed by atoms with Gasteiger partial charge in [-0.05, 0) is 34.5 Å². The summed E-state index contributed by atoms with van der Waals surface area (Å²) in [6.45, 7) is 0. The van der Waals surface area contributed by atoms with Crippen LogP contribution in [0.1, 0.15) is 5.56 Å². The van der Waals surface area contributed by atoms with Gasteiger partial charge < -0.3 is 4.98 Å². The van der Waals surface area contributed by atoms with E-state index in [0.717, 1.165) is 16.3 Å². The molecular weight excluding hydrogens is 354 g/mol. The molecular formula is C22H13N3O3. The molecule has 0 amide bonds. The minimum Gasteiger partial charge on any atom is -0.321 e. The Labute approximate surface area is 159 Å². The van der Waals surface area contributed by atoms with Crippen molar-refractivity contribution in [2.45, 2.75) is 0 Å². The molecule has 0 unspecified atom stereocenters. The van der Waals surface area contributed by atoms with Crippen LogP contribution in [0.2, 0.25) is 0 Å². The van der Waals surface area contributed by atoms with Crippen LogP contribution in [0.25, 0.3) is 33.2 Å². The number of nitrogens with one attached hydrogen (secondary N) is 1. The summed E-state index contributed by atoms with van der Waals surface area (Å²) in [6, 6.07) is 23.1. The number of non-ortho nitro benzene ring substituents is 1. The first-order valence-corrected chi connectivity index (χ1v) is 8.49. The number of benzene rings is 3. The van der Waals surface area contributed by atoms with E-state index in [2.05, 4.69) is 4.98 Å². The van der Waals surface area contributed by atoms with E-state index in [1.165, 1.54) is 12.1 Å². The lowest BCUT2D eigenvalue weighted by Gasteiger charge is -2.10. The van der Waals surface area contributed by atoms with E-state index in [4.69, 9.17) is 0 Å². The quantitative estimate of drug-likeness (QED) is 0.421. The smallest absolute Gasteiger partial charge is 0.269 e. The van der Waals surface area contributed by atoms with Crippen LogP contribution in [0.5, 0.6) is 0 Å². The van der Waals surface area contributed by atoms with Crippen LogP contribution in [-0.4, -0.2) is 9.91 Å². The fraction of sp³-hybridized carbons (Fsp3) is 0. The first kappa shape index (κ1) is 17.2. The predicted octanol–water partition coefficient (Wildman–Crippen LogP) is 4.64. The van der Waals surface area contributed by atoms with E-state index in [1.54, 1.807) is 18.2 Å². The Morgan fingerprint density at radius 1 is 0.929 bits per heavy atom. The number of pyridine rings is 1. The fourth-order valence-corrected chi connectivity index (χ4v) is 3.27. The number of H-pyrrole nitrogens is 1. The van der Waals surface area contributed by atoms with Crippen molar-refractivity contribution in [1.29, 1.82) is 5.26 Å². The molecule has 1 aromatic heterocycles. The molecule has 6 heteroatoms. The van der Waals surface area contributed by atoms with Gasteiger partial charge in [-0.1, -0.05) is 42.5 Å². The number of aromatic amines is 1. The van der Waals surface area contributed by atoms with Crippen LogP contribution in [0.3, 0.4) is 0 Å². The van der Waals surface area contributed by atoms with Gasteiger partial charge in [-0.25, -0.2) is 0 Å². The highest BCUT2D eigenvalue weighted by Gasteiger charge is 2.15. The molecule has 6 nitrogen and oxygen atoms in total. The summed E-state index contributed by atoms with van der Waals surface area (Å²) in [4.78, 5) is 25.7. The second-order valence-electron chi connectivity index (χ2n) is 6.24. The lowest BCUT2D eigenvalue weighted by Crippen LogP contribution is -2.12. The summed E-state index contributed by atoms with van der Waals surface area (Å²) < 4.78 is 0. The second kappa shape index (κ2) is 6.82. The van der Waals surface area contributed by atoms with Gasteiger partial charge in [0.15, 0.2) is 0 Å². The zero-order chi connectivity index (χ0) is 19.7. The van der Waals surface area contributed by atoms with Crippen molar-refractivity contribution in [2.24, 2.45) is 0 Å². The van der Waals surface area contributed by atoms with E-state index in [9.17, 15) is 20.2 Å². The number of hydrogen-bond donors (Lipinski definition) is 1. The van der Waals surface area contributed by atoms with Gasteiger partial charge in [-0.15, -0.1) is 0 Å². The van der Waals surface area contributed by atoms with Gasteiger partial charge in [0, 0.05) is 29.0 Å². The zero-order valence-corrected chi connectivity index (χ0v) is 14.5. The van der Waals surface area contributed by atoms with E-state index in [0.29, 0.717) is 16.8 Å². The highest BCUT2D eigenvalue weighted by Crippen LogP contribution is 2.31. The van der Waals surface area contributed by atoms with Crippen molar-refractivity contribution >= 4 is 16.5 Å². The van der Waals surface area contributed by atoms with Crippen molar-refractivity contribution in [3.63, 3.8) is 0 Å². The summed E-state index contributed by atoms with van der Waals surface area (Å²) in [5.74, 6) is 0. The first-order valence-electron chi connectivity index (χ1n) is 8.49. The van der Waals surface area contributed by atoms with Crippen molar-refractivity contribution in [3.8, 4) is 28.5 Å². The number of rotatable bonds is 3. The zero-order valence-electron chi connectivity index (χ0n) is 14.5. The number of nitriles is 1. The molecule has 0 saturated carbocycles. The Balaban J connectivity index is 1.95. The van der Waals surface area contributed by atoms with Crippen LogP contribution in [-0.2, 0) is 0 Å². The van der Waals surface area contributed by atoms with Gasteiger partial charge in [-0.2, -0.15) is 5.26 Å². The fourth-order valence-electron chi connectivity index (χ4n) is 3.27. The molecule has 3 aromatic carbocycles. The largest absolute Gasteiger partial charge is 0.321 e. The molecule has 0 aliphatic rings. The number of nitrogens with zero attached hydrogens (tertiary/aromatic N) is 2. The van der Waals surface area contributed by atoms with Crippen LogP contribution < -0.4 is 5.56 Å². The molecule has 0 spiro atoms. The van der Waals surface area contributed by atoms with Gasteiger partial charge in [0.1, 0.15) is 11.6 Å². The number of fused-ring (bicyclic) bond motifs is 1. The average molecular weight is 367 g/mol. The third-order valence-electron chi connectivity index (χ3n) is 4.61. The van der Waals surface area contributed by atoms with Gasteiger partial charge >= 0.3 is 0 Å². The number of aromatic nitrogens is 1. The summed E-state index contributed by atoms with van der Waals surface area (Å²) in [5, 5.41) is 22.3. The molecule has 28 heavy (non-hydrogen) atoms. The normalized spacial score (nSPS) is 10.5.